The Morgan fingerprint density at radius 1 is 1.21 bits per heavy atom. The lowest BCUT2D eigenvalue weighted by molar-refractivity contribution is -0.128. The van der Waals surface area contributed by atoms with Crippen LogP contribution in [0.25, 0.3) is 11.1 Å². The molecule has 1 aromatic carbocycles. The number of nitrogens with zero attached hydrogens (tertiary/aromatic N) is 2. The first-order valence-electron chi connectivity index (χ1n) is 10.2. The van der Waals surface area contributed by atoms with Gasteiger partial charge in [-0.2, -0.15) is 0 Å². The van der Waals surface area contributed by atoms with Gasteiger partial charge in [-0.15, -0.1) is 0 Å². The minimum Gasteiger partial charge on any atom is -0.388 e. The average Bonchev–Trinajstić information content (AvgIpc) is 3.57. The second-order valence-electron chi connectivity index (χ2n) is 7.79. The van der Waals surface area contributed by atoms with Crippen LogP contribution in [0.1, 0.15) is 26.2 Å². The molecule has 2 aliphatic rings. The van der Waals surface area contributed by atoms with E-state index in [0.29, 0.717) is 18.9 Å². The molecule has 0 saturated heterocycles. The van der Waals surface area contributed by atoms with E-state index in [1.54, 1.807) is 24.2 Å². The molecule has 6 heteroatoms. The molecule has 1 fully saturated rings. The van der Waals surface area contributed by atoms with Crippen molar-refractivity contribution < 1.29 is 4.79 Å². The SMILES string of the molecule is CC(=O)N1CCC(NCC2CC2)=C(C(=N)Nc2cccc(-c3ccncc3)c2)C1. The molecule has 3 N–H and O–H groups in total. The van der Waals surface area contributed by atoms with Crippen molar-refractivity contribution in [2.24, 2.45) is 5.92 Å². The van der Waals surface area contributed by atoms with Gasteiger partial charge < -0.3 is 15.5 Å². The highest BCUT2D eigenvalue weighted by Crippen LogP contribution is 2.29. The number of amidine groups is 1. The quantitative estimate of drug-likeness (QED) is 0.520. The van der Waals surface area contributed by atoms with E-state index >= 15 is 0 Å². The lowest BCUT2D eigenvalue weighted by atomic mass is 10.0. The minimum atomic E-state index is 0.0521. The second-order valence-corrected chi connectivity index (χ2v) is 7.79. The Kier molecular flexibility index (Phi) is 5.60. The van der Waals surface area contributed by atoms with E-state index in [-0.39, 0.29) is 5.91 Å². The fourth-order valence-electron chi connectivity index (χ4n) is 3.59. The lowest BCUT2D eigenvalue weighted by Crippen LogP contribution is -2.41. The van der Waals surface area contributed by atoms with Gasteiger partial charge in [0, 0.05) is 55.8 Å². The van der Waals surface area contributed by atoms with Crippen LogP contribution in [-0.4, -0.2) is 41.3 Å². The van der Waals surface area contributed by atoms with Gasteiger partial charge in [-0.05, 0) is 54.2 Å². The topological polar surface area (TPSA) is 81.1 Å². The molecule has 0 radical (unpaired) electrons. The Balaban J connectivity index is 1.53. The summed E-state index contributed by atoms with van der Waals surface area (Å²) in [6.07, 6.45) is 6.89. The van der Waals surface area contributed by atoms with Gasteiger partial charge in [0.05, 0.1) is 6.54 Å². The number of nitrogens with one attached hydrogen (secondary N) is 3. The maximum atomic E-state index is 11.9. The van der Waals surface area contributed by atoms with Gasteiger partial charge in [0.2, 0.25) is 5.91 Å². The number of aromatic nitrogens is 1. The van der Waals surface area contributed by atoms with Crippen molar-refractivity contribution in [1.82, 2.24) is 15.2 Å². The number of amides is 1. The molecule has 29 heavy (non-hydrogen) atoms. The smallest absolute Gasteiger partial charge is 0.219 e. The van der Waals surface area contributed by atoms with Gasteiger partial charge in [-0.1, -0.05) is 12.1 Å². The zero-order valence-electron chi connectivity index (χ0n) is 16.7. The lowest BCUT2D eigenvalue weighted by Gasteiger charge is -2.31. The largest absolute Gasteiger partial charge is 0.388 e. The summed E-state index contributed by atoms with van der Waals surface area (Å²) in [5.74, 6) is 1.16. The summed E-state index contributed by atoms with van der Waals surface area (Å²) in [5.41, 5.74) is 4.98. The van der Waals surface area contributed by atoms with Crippen molar-refractivity contribution in [3.63, 3.8) is 0 Å². The highest BCUT2D eigenvalue weighted by Gasteiger charge is 2.26. The number of rotatable bonds is 6. The number of hydrogen-bond acceptors (Lipinski definition) is 4. The Hall–Kier alpha value is -3.15. The predicted molar refractivity (Wildman–Crippen MR) is 116 cm³/mol. The zero-order chi connectivity index (χ0) is 20.2. The third kappa shape index (κ3) is 4.83. The highest BCUT2D eigenvalue weighted by molar-refractivity contribution is 6.07. The molecular weight excluding hydrogens is 362 g/mol. The monoisotopic (exact) mass is 389 g/mol. The summed E-state index contributed by atoms with van der Waals surface area (Å²) in [4.78, 5) is 17.8. The predicted octanol–water partition coefficient (Wildman–Crippen LogP) is 3.64. The molecule has 0 bridgehead atoms. The van der Waals surface area contributed by atoms with Crippen molar-refractivity contribution in [1.29, 1.82) is 5.41 Å². The van der Waals surface area contributed by atoms with Crippen molar-refractivity contribution in [3.05, 3.63) is 60.1 Å². The van der Waals surface area contributed by atoms with E-state index in [0.717, 1.165) is 47.0 Å². The Labute approximate surface area is 171 Å². The van der Waals surface area contributed by atoms with Crippen LogP contribution >= 0.6 is 0 Å². The molecule has 150 valence electrons. The van der Waals surface area contributed by atoms with Crippen LogP contribution in [0.3, 0.4) is 0 Å². The molecule has 1 saturated carbocycles. The molecule has 1 aliphatic carbocycles. The summed E-state index contributed by atoms with van der Waals surface area (Å²) in [6, 6.07) is 12.0. The summed E-state index contributed by atoms with van der Waals surface area (Å²) < 4.78 is 0. The second kappa shape index (κ2) is 8.47. The van der Waals surface area contributed by atoms with Gasteiger partial charge in [-0.3, -0.25) is 15.2 Å². The Bertz CT molecular complexity index is 933. The van der Waals surface area contributed by atoms with Crippen LogP contribution in [0.2, 0.25) is 0 Å². The van der Waals surface area contributed by atoms with Crippen molar-refractivity contribution in [2.75, 3.05) is 25.0 Å². The third-order valence-corrected chi connectivity index (χ3v) is 5.54. The molecule has 6 nitrogen and oxygen atoms in total. The molecule has 0 spiro atoms. The first-order valence-corrected chi connectivity index (χ1v) is 10.2. The van der Waals surface area contributed by atoms with E-state index in [2.05, 4.69) is 15.6 Å². The van der Waals surface area contributed by atoms with Crippen LogP contribution in [0.4, 0.5) is 5.69 Å². The average molecular weight is 390 g/mol. The Morgan fingerprint density at radius 2 is 2.00 bits per heavy atom. The molecule has 1 aliphatic heterocycles. The van der Waals surface area contributed by atoms with Gasteiger partial charge in [0.25, 0.3) is 0 Å². The molecule has 2 aromatic rings. The molecule has 0 atom stereocenters. The number of pyridine rings is 1. The summed E-state index contributed by atoms with van der Waals surface area (Å²) >= 11 is 0. The van der Waals surface area contributed by atoms with Crippen molar-refractivity contribution in [3.8, 4) is 11.1 Å². The normalized spacial score (nSPS) is 16.5. The number of carbonyl (C=O) groups is 1. The maximum Gasteiger partial charge on any atom is 0.219 e. The number of carbonyl (C=O) groups excluding carboxylic acids is 1. The summed E-state index contributed by atoms with van der Waals surface area (Å²) in [6.45, 7) is 3.73. The molecule has 1 amide bonds. The fraction of sp³-hybridized carbons (Fsp3) is 0.348. The fourth-order valence-corrected chi connectivity index (χ4v) is 3.59. The van der Waals surface area contributed by atoms with Gasteiger partial charge in [-0.25, -0.2) is 0 Å². The number of benzene rings is 1. The van der Waals surface area contributed by atoms with E-state index in [9.17, 15) is 4.79 Å². The Morgan fingerprint density at radius 3 is 2.72 bits per heavy atom. The third-order valence-electron chi connectivity index (χ3n) is 5.54. The van der Waals surface area contributed by atoms with Gasteiger partial charge in [0.1, 0.15) is 5.84 Å². The molecular formula is C23H27N5O. The standard InChI is InChI=1S/C23H27N5O/c1-16(29)28-12-9-22(26-14-17-5-6-17)21(15-28)23(24)27-20-4-2-3-19(13-20)18-7-10-25-11-8-18/h2-4,7-8,10-11,13,17,26H,5-6,9,12,14-15H2,1H3,(H2,24,27). The van der Waals surface area contributed by atoms with Gasteiger partial charge >= 0.3 is 0 Å². The van der Waals surface area contributed by atoms with Crippen LogP contribution in [0, 0.1) is 11.3 Å². The summed E-state index contributed by atoms with van der Waals surface area (Å²) in [5, 5.41) is 15.5. The molecule has 4 rings (SSSR count). The minimum absolute atomic E-state index is 0.0521. The van der Waals surface area contributed by atoms with Crippen LogP contribution in [-0.2, 0) is 4.79 Å². The van der Waals surface area contributed by atoms with Crippen LogP contribution < -0.4 is 10.6 Å². The first kappa shape index (κ1) is 19.2. The maximum absolute atomic E-state index is 11.9. The van der Waals surface area contributed by atoms with Crippen molar-refractivity contribution in [2.45, 2.75) is 26.2 Å². The molecule has 1 aromatic heterocycles. The zero-order valence-corrected chi connectivity index (χ0v) is 16.7. The molecule has 0 unspecified atom stereocenters. The van der Waals surface area contributed by atoms with E-state index in [4.69, 9.17) is 5.41 Å². The van der Waals surface area contributed by atoms with Gasteiger partial charge in [0.15, 0.2) is 0 Å². The van der Waals surface area contributed by atoms with E-state index < -0.39 is 0 Å². The van der Waals surface area contributed by atoms with Crippen molar-refractivity contribution >= 4 is 17.4 Å². The van der Waals surface area contributed by atoms with Crippen LogP contribution in [0.5, 0.6) is 0 Å². The van der Waals surface area contributed by atoms with E-state index in [1.807, 2.05) is 36.4 Å². The molecule has 2 heterocycles. The first-order chi connectivity index (χ1) is 14.1. The number of anilines is 1. The van der Waals surface area contributed by atoms with E-state index in [1.165, 1.54) is 12.8 Å². The van der Waals surface area contributed by atoms with Crippen LogP contribution in [0.15, 0.2) is 60.1 Å². The highest BCUT2D eigenvalue weighted by atomic mass is 16.2. The number of hydrogen-bond donors (Lipinski definition) is 3. The summed E-state index contributed by atoms with van der Waals surface area (Å²) in [7, 11) is 0.